The van der Waals surface area contributed by atoms with Gasteiger partial charge in [-0.2, -0.15) is 4.31 Å². The summed E-state index contributed by atoms with van der Waals surface area (Å²) in [5, 5.41) is 0. The van der Waals surface area contributed by atoms with Gasteiger partial charge in [0.1, 0.15) is 5.75 Å². The Morgan fingerprint density at radius 3 is 2.35 bits per heavy atom. The summed E-state index contributed by atoms with van der Waals surface area (Å²) in [6.45, 7) is 2.29. The highest BCUT2D eigenvalue weighted by molar-refractivity contribution is 7.89. The highest BCUT2D eigenvalue weighted by Crippen LogP contribution is 2.30. The first kappa shape index (κ1) is 22.6. The quantitative estimate of drug-likeness (QED) is 0.409. The lowest BCUT2D eigenvalue weighted by atomic mass is 10.2. The van der Waals surface area contributed by atoms with Crippen molar-refractivity contribution < 1.29 is 13.2 Å². The largest absolute Gasteiger partial charge is 0.495 e. The number of fused-ring (bicyclic) bond motifs is 1. The number of anilines is 1. The number of rotatable bonds is 6. The number of aromatic nitrogens is 1. The van der Waals surface area contributed by atoms with Gasteiger partial charge in [-0.1, -0.05) is 53.8 Å². The molecule has 0 amide bonds. The number of hydrogen-bond acceptors (Lipinski definition) is 6. The molecule has 0 N–H and O–H groups in total. The molecule has 0 aliphatic carbocycles. The van der Waals surface area contributed by atoms with E-state index in [4.69, 9.17) is 4.74 Å². The van der Waals surface area contributed by atoms with Crippen LogP contribution in [0, 0.1) is 0 Å². The third kappa shape index (κ3) is 4.22. The Bertz CT molecular complexity index is 1470. The van der Waals surface area contributed by atoms with Gasteiger partial charge in [-0.25, -0.2) is 8.42 Å². The molecular weight excluding hydrogens is 470 g/mol. The number of nitrogens with zero attached hydrogens (tertiary/aromatic N) is 3. The van der Waals surface area contributed by atoms with E-state index in [2.05, 4.69) is 4.90 Å². The number of para-hydroxylation sites is 2. The third-order valence-electron chi connectivity index (χ3n) is 6.12. The summed E-state index contributed by atoms with van der Waals surface area (Å²) >= 11 is 1.13. The van der Waals surface area contributed by atoms with E-state index in [1.54, 1.807) is 29.9 Å². The SMILES string of the molecule is COc1ccccc1N1CCN(S(=O)(=O)c2ccc3sc(=O)n(Cc4ccccc4)c3c2)CC1. The zero-order valence-electron chi connectivity index (χ0n) is 18.8. The highest BCUT2D eigenvalue weighted by atomic mass is 32.2. The van der Waals surface area contributed by atoms with Gasteiger partial charge < -0.3 is 9.64 Å². The van der Waals surface area contributed by atoms with Crippen LogP contribution in [-0.4, -0.2) is 50.6 Å². The lowest BCUT2D eigenvalue weighted by molar-refractivity contribution is 0.378. The van der Waals surface area contributed by atoms with E-state index >= 15 is 0 Å². The Morgan fingerprint density at radius 2 is 1.62 bits per heavy atom. The summed E-state index contributed by atoms with van der Waals surface area (Å²) in [4.78, 5) is 14.9. The Labute approximate surface area is 202 Å². The molecule has 3 aromatic carbocycles. The zero-order valence-corrected chi connectivity index (χ0v) is 20.4. The predicted octanol–water partition coefficient (Wildman–Crippen LogP) is 3.63. The van der Waals surface area contributed by atoms with Crippen molar-refractivity contribution in [1.29, 1.82) is 0 Å². The summed E-state index contributed by atoms with van der Waals surface area (Å²) < 4.78 is 36.3. The van der Waals surface area contributed by atoms with Gasteiger partial charge in [0.15, 0.2) is 0 Å². The Balaban J connectivity index is 1.40. The maximum Gasteiger partial charge on any atom is 0.308 e. The normalized spacial score (nSPS) is 15.0. The van der Waals surface area contributed by atoms with Gasteiger partial charge in [-0.3, -0.25) is 9.36 Å². The van der Waals surface area contributed by atoms with Gasteiger partial charge in [0, 0.05) is 26.2 Å². The van der Waals surface area contributed by atoms with Crippen LogP contribution in [-0.2, 0) is 16.6 Å². The van der Waals surface area contributed by atoms with E-state index < -0.39 is 10.0 Å². The van der Waals surface area contributed by atoms with Crippen molar-refractivity contribution in [3.05, 3.63) is 88.0 Å². The Hall–Kier alpha value is -3.14. The molecule has 1 saturated heterocycles. The van der Waals surface area contributed by atoms with Crippen LogP contribution < -0.4 is 14.5 Å². The Kier molecular flexibility index (Phi) is 6.16. The van der Waals surface area contributed by atoms with Crippen molar-refractivity contribution in [2.75, 3.05) is 38.2 Å². The van der Waals surface area contributed by atoms with Gasteiger partial charge in [0.2, 0.25) is 10.0 Å². The number of thiazole rings is 1. The van der Waals surface area contributed by atoms with Crippen LogP contribution in [0.1, 0.15) is 5.56 Å². The molecule has 0 atom stereocenters. The third-order valence-corrected chi connectivity index (χ3v) is 8.98. The van der Waals surface area contributed by atoms with Crippen molar-refractivity contribution >= 4 is 37.3 Å². The van der Waals surface area contributed by atoms with E-state index in [0.29, 0.717) is 38.2 Å². The number of piperazine rings is 1. The molecule has 0 radical (unpaired) electrons. The minimum absolute atomic E-state index is 0.0983. The minimum Gasteiger partial charge on any atom is -0.495 e. The summed E-state index contributed by atoms with van der Waals surface area (Å²) in [6.07, 6.45) is 0. The van der Waals surface area contributed by atoms with Gasteiger partial charge in [0.25, 0.3) is 0 Å². The molecule has 0 spiro atoms. The number of benzene rings is 3. The number of hydrogen-bond donors (Lipinski definition) is 0. The number of methoxy groups -OCH3 is 1. The van der Waals surface area contributed by atoms with Crippen LogP contribution in [0.3, 0.4) is 0 Å². The molecular formula is C25H25N3O4S2. The minimum atomic E-state index is -3.69. The van der Waals surface area contributed by atoms with E-state index in [9.17, 15) is 13.2 Å². The fraction of sp³-hybridized carbons (Fsp3) is 0.240. The fourth-order valence-corrected chi connectivity index (χ4v) is 6.64. The molecule has 7 nitrogen and oxygen atoms in total. The average molecular weight is 496 g/mol. The number of sulfonamides is 1. The van der Waals surface area contributed by atoms with Crippen LogP contribution in [0.25, 0.3) is 10.2 Å². The van der Waals surface area contributed by atoms with Gasteiger partial charge in [0.05, 0.1) is 34.5 Å². The molecule has 2 heterocycles. The topological polar surface area (TPSA) is 71.8 Å². The summed E-state index contributed by atoms with van der Waals surface area (Å²) in [5.74, 6) is 0.776. The first-order valence-electron chi connectivity index (χ1n) is 11.0. The van der Waals surface area contributed by atoms with Gasteiger partial charge >= 0.3 is 4.87 Å². The molecule has 0 saturated carbocycles. The molecule has 34 heavy (non-hydrogen) atoms. The second-order valence-corrected chi connectivity index (χ2v) is 11.1. The molecule has 1 aliphatic rings. The van der Waals surface area contributed by atoms with Crippen LogP contribution in [0.2, 0.25) is 0 Å². The first-order chi connectivity index (χ1) is 16.5. The van der Waals surface area contributed by atoms with Crippen molar-refractivity contribution in [3.63, 3.8) is 0 Å². The molecule has 176 valence electrons. The summed E-state index contributed by atoms with van der Waals surface area (Å²) in [6, 6.07) is 22.4. The lowest BCUT2D eigenvalue weighted by Gasteiger charge is -2.35. The zero-order chi connectivity index (χ0) is 23.7. The van der Waals surface area contributed by atoms with Crippen LogP contribution in [0.4, 0.5) is 5.69 Å². The van der Waals surface area contributed by atoms with Crippen LogP contribution in [0.5, 0.6) is 5.75 Å². The van der Waals surface area contributed by atoms with Crippen molar-refractivity contribution in [1.82, 2.24) is 8.87 Å². The summed E-state index contributed by atoms with van der Waals surface area (Å²) in [7, 11) is -2.05. The highest BCUT2D eigenvalue weighted by Gasteiger charge is 2.30. The van der Waals surface area contributed by atoms with Crippen molar-refractivity contribution in [2.45, 2.75) is 11.4 Å². The predicted molar refractivity (Wildman–Crippen MR) is 136 cm³/mol. The molecule has 4 aromatic rings. The van der Waals surface area contributed by atoms with E-state index in [1.165, 1.54) is 4.31 Å². The first-order valence-corrected chi connectivity index (χ1v) is 13.3. The van der Waals surface area contributed by atoms with E-state index in [0.717, 1.165) is 33.0 Å². The molecule has 9 heteroatoms. The Morgan fingerprint density at radius 1 is 0.912 bits per heavy atom. The molecule has 1 fully saturated rings. The number of ether oxygens (including phenoxy) is 1. The second-order valence-electron chi connectivity index (χ2n) is 8.13. The molecule has 1 aliphatic heterocycles. The molecule has 5 rings (SSSR count). The molecule has 0 unspecified atom stereocenters. The average Bonchev–Trinajstić information content (AvgIpc) is 3.18. The molecule has 1 aromatic heterocycles. The standard InChI is InChI=1S/C25H25N3O4S2/c1-32-23-10-6-5-9-21(23)26-13-15-27(16-14-26)34(30,31)20-11-12-24-22(17-20)28(25(29)33-24)18-19-7-3-2-4-8-19/h2-12,17H,13-16,18H2,1H3. The van der Waals surface area contributed by atoms with Gasteiger partial charge in [-0.15, -0.1) is 0 Å². The van der Waals surface area contributed by atoms with E-state index in [-0.39, 0.29) is 9.77 Å². The van der Waals surface area contributed by atoms with Crippen LogP contribution >= 0.6 is 11.3 Å². The van der Waals surface area contributed by atoms with Crippen molar-refractivity contribution in [3.8, 4) is 5.75 Å². The van der Waals surface area contributed by atoms with Crippen LogP contribution in [0.15, 0.2) is 82.5 Å². The maximum absolute atomic E-state index is 13.5. The van der Waals surface area contributed by atoms with E-state index in [1.807, 2.05) is 54.6 Å². The second kappa shape index (κ2) is 9.25. The monoisotopic (exact) mass is 495 g/mol. The lowest BCUT2D eigenvalue weighted by Crippen LogP contribution is -2.48. The fourth-order valence-electron chi connectivity index (χ4n) is 4.33. The molecule has 0 bridgehead atoms. The maximum atomic E-state index is 13.5. The van der Waals surface area contributed by atoms with Crippen molar-refractivity contribution in [2.24, 2.45) is 0 Å². The smallest absolute Gasteiger partial charge is 0.308 e. The summed E-state index contributed by atoms with van der Waals surface area (Å²) in [5.41, 5.74) is 2.60. The van der Waals surface area contributed by atoms with Gasteiger partial charge in [-0.05, 0) is 35.9 Å².